The highest BCUT2D eigenvalue weighted by Crippen LogP contribution is 2.14. The third-order valence-corrected chi connectivity index (χ3v) is 7.02. The normalized spacial score (nSPS) is 10.3. The molecule has 5 heteroatoms. The van der Waals surface area contributed by atoms with Gasteiger partial charge in [-0.25, -0.2) is 0 Å². The standard InChI is InChI=1S/C16H14N2O2Si/c1-18-20-14-6-10-16(11-7-14)21(2,3)15-8-4-13(5-9-15)19-12-17/h4-11H,2-3H3. The summed E-state index contributed by atoms with van der Waals surface area (Å²) in [5.74, 6) is 1.10. The van der Waals surface area contributed by atoms with E-state index in [1.165, 1.54) is 10.4 Å². The molecule has 0 amide bonds. The van der Waals surface area contributed by atoms with E-state index in [-0.39, 0.29) is 0 Å². The minimum absolute atomic E-state index is 0.548. The number of hydrogen-bond acceptors (Lipinski definition) is 3. The molecule has 0 fully saturated rings. The highest BCUT2D eigenvalue weighted by molar-refractivity contribution is 7.00. The van der Waals surface area contributed by atoms with Gasteiger partial charge in [0.25, 0.3) is 6.26 Å². The molecule has 0 atom stereocenters. The minimum Gasteiger partial charge on any atom is -0.388 e. The maximum atomic E-state index is 8.50. The average Bonchev–Trinajstić information content (AvgIpc) is 2.49. The number of hydrogen-bond donors (Lipinski definition) is 0. The summed E-state index contributed by atoms with van der Waals surface area (Å²) < 4.78 is 4.80. The van der Waals surface area contributed by atoms with Crippen molar-refractivity contribution < 1.29 is 9.57 Å². The Morgan fingerprint density at radius 2 is 1.43 bits per heavy atom. The molecule has 0 N–H and O–H groups in total. The fraction of sp³-hybridized carbons (Fsp3) is 0.125. The van der Waals surface area contributed by atoms with E-state index in [1.54, 1.807) is 6.26 Å². The van der Waals surface area contributed by atoms with Gasteiger partial charge in [-0.3, -0.25) is 0 Å². The zero-order valence-corrected chi connectivity index (χ0v) is 12.8. The first-order chi connectivity index (χ1) is 10.1. The van der Waals surface area contributed by atoms with Crippen LogP contribution in [-0.2, 0) is 0 Å². The Balaban J connectivity index is 2.28. The lowest BCUT2D eigenvalue weighted by Crippen LogP contribution is -2.52. The van der Waals surface area contributed by atoms with Crippen molar-refractivity contribution in [3.05, 3.63) is 60.1 Å². The zero-order chi connectivity index (χ0) is 15.3. The van der Waals surface area contributed by atoms with Crippen LogP contribution in [0.3, 0.4) is 0 Å². The number of ether oxygens (including phenoxy) is 1. The van der Waals surface area contributed by atoms with Crippen LogP contribution in [0.25, 0.3) is 5.01 Å². The molecule has 21 heavy (non-hydrogen) atoms. The van der Waals surface area contributed by atoms with E-state index in [2.05, 4.69) is 18.1 Å². The van der Waals surface area contributed by atoms with Crippen molar-refractivity contribution in [2.45, 2.75) is 13.1 Å². The van der Waals surface area contributed by atoms with Gasteiger partial charge in [0.05, 0.1) is 0 Å². The van der Waals surface area contributed by atoms with Crippen molar-refractivity contribution >= 4 is 18.4 Å². The van der Waals surface area contributed by atoms with Crippen LogP contribution in [0.2, 0.25) is 13.1 Å². The van der Waals surface area contributed by atoms with E-state index < -0.39 is 8.07 Å². The molecule has 0 saturated heterocycles. The van der Waals surface area contributed by atoms with Crippen LogP contribution in [0, 0.1) is 18.1 Å². The molecule has 2 aromatic rings. The molecular formula is C16H14N2O2Si. The maximum Gasteiger partial charge on any atom is 0.292 e. The van der Waals surface area contributed by atoms with E-state index in [1.807, 2.05) is 48.5 Å². The van der Waals surface area contributed by atoms with Gasteiger partial charge in [-0.05, 0) is 29.3 Å². The first-order valence-corrected chi connectivity index (χ1v) is 9.38. The summed E-state index contributed by atoms with van der Waals surface area (Å²) in [6.07, 6.45) is 1.67. The first-order valence-electron chi connectivity index (χ1n) is 6.38. The Labute approximate surface area is 125 Å². The molecule has 0 bridgehead atoms. The van der Waals surface area contributed by atoms with Gasteiger partial charge in [0.1, 0.15) is 13.8 Å². The van der Waals surface area contributed by atoms with Crippen LogP contribution < -0.4 is 19.9 Å². The highest BCUT2D eigenvalue weighted by atomic mass is 28.3. The third-order valence-electron chi connectivity index (χ3n) is 3.47. The molecule has 2 rings (SSSR count). The van der Waals surface area contributed by atoms with E-state index >= 15 is 0 Å². The van der Waals surface area contributed by atoms with Gasteiger partial charge >= 0.3 is 0 Å². The summed E-state index contributed by atoms with van der Waals surface area (Å²) in [5, 5.41) is 13.9. The first kappa shape index (κ1) is 14.6. The van der Waals surface area contributed by atoms with Crippen molar-refractivity contribution in [3.8, 4) is 17.8 Å². The molecule has 0 radical (unpaired) electrons. The molecule has 0 heterocycles. The van der Waals surface area contributed by atoms with Crippen molar-refractivity contribution in [2.75, 3.05) is 0 Å². The molecular weight excluding hydrogens is 280 g/mol. The van der Waals surface area contributed by atoms with Crippen LogP contribution in [0.5, 0.6) is 11.5 Å². The highest BCUT2D eigenvalue weighted by Gasteiger charge is 2.26. The number of rotatable bonds is 4. The van der Waals surface area contributed by atoms with E-state index in [4.69, 9.17) is 21.4 Å². The maximum absolute atomic E-state index is 8.50. The van der Waals surface area contributed by atoms with Crippen molar-refractivity contribution in [1.29, 1.82) is 5.26 Å². The van der Waals surface area contributed by atoms with Gasteiger partial charge in [0.15, 0.2) is 0 Å². The van der Waals surface area contributed by atoms with E-state index in [9.17, 15) is 0 Å². The Bertz CT molecular complexity index is 634. The van der Waals surface area contributed by atoms with Crippen LogP contribution >= 0.6 is 0 Å². The quantitative estimate of drug-likeness (QED) is 0.377. The lowest BCUT2D eigenvalue weighted by molar-refractivity contribution is 0.473. The number of benzene rings is 2. The minimum atomic E-state index is -1.82. The fourth-order valence-corrected chi connectivity index (χ4v) is 4.48. The predicted octanol–water partition coefficient (Wildman–Crippen LogP) is 2.58. The van der Waals surface area contributed by atoms with Gasteiger partial charge in [0, 0.05) is 0 Å². The zero-order valence-electron chi connectivity index (χ0n) is 11.8. The molecule has 0 saturated carbocycles. The second-order valence-corrected chi connectivity index (χ2v) is 9.45. The van der Waals surface area contributed by atoms with Crippen molar-refractivity contribution in [3.63, 3.8) is 0 Å². The van der Waals surface area contributed by atoms with Gasteiger partial charge in [-0.1, -0.05) is 47.7 Å². The van der Waals surface area contributed by atoms with Crippen molar-refractivity contribution in [2.24, 2.45) is 0 Å². The second-order valence-electron chi connectivity index (χ2n) is 5.05. The molecule has 104 valence electrons. The Morgan fingerprint density at radius 3 is 1.86 bits per heavy atom. The lowest BCUT2D eigenvalue weighted by atomic mass is 10.3. The second kappa shape index (κ2) is 6.13. The van der Waals surface area contributed by atoms with Gasteiger partial charge in [-0.15, -0.1) is 5.26 Å². The Morgan fingerprint density at radius 1 is 0.952 bits per heavy atom. The Kier molecular flexibility index (Phi) is 4.27. The van der Waals surface area contributed by atoms with E-state index in [0.29, 0.717) is 11.5 Å². The summed E-state index contributed by atoms with van der Waals surface area (Å²) in [4.78, 5) is 4.78. The summed E-state index contributed by atoms with van der Waals surface area (Å²) in [7, 11) is -1.82. The molecule has 0 aliphatic rings. The van der Waals surface area contributed by atoms with Crippen LogP contribution in [0.1, 0.15) is 0 Å². The van der Waals surface area contributed by atoms with Gasteiger partial charge in [-0.2, -0.15) is 11.4 Å². The lowest BCUT2D eigenvalue weighted by Gasteiger charge is -2.23. The number of nitriles is 1. The largest absolute Gasteiger partial charge is 0.388 e. The summed E-state index contributed by atoms with van der Waals surface area (Å²) >= 11 is 0. The van der Waals surface area contributed by atoms with Crippen LogP contribution in [0.15, 0.2) is 48.5 Å². The van der Waals surface area contributed by atoms with Crippen LogP contribution in [0.4, 0.5) is 0 Å². The molecule has 4 nitrogen and oxygen atoms in total. The molecule has 0 aromatic heterocycles. The predicted molar refractivity (Wildman–Crippen MR) is 83.1 cm³/mol. The topological polar surface area (TPSA) is 46.6 Å². The average molecular weight is 294 g/mol. The van der Waals surface area contributed by atoms with Crippen LogP contribution in [-0.4, -0.2) is 8.07 Å². The fourth-order valence-electron chi connectivity index (χ4n) is 2.14. The Hall–Kier alpha value is -2.76. The SMILES string of the molecule is [C-]#[N+]Oc1ccc([Si](C)(C)c2ccc(OC#N)cc2)cc1. The summed E-state index contributed by atoms with van der Waals surface area (Å²) in [6, 6.07) is 15.3. The molecule has 0 spiro atoms. The molecule has 2 aromatic carbocycles. The third kappa shape index (κ3) is 3.22. The monoisotopic (exact) mass is 294 g/mol. The molecule has 0 aliphatic carbocycles. The molecule has 0 unspecified atom stereocenters. The number of nitrogens with zero attached hydrogens (tertiary/aromatic N) is 2. The van der Waals surface area contributed by atoms with Crippen molar-refractivity contribution in [1.82, 2.24) is 0 Å². The molecule has 0 aliphatic heterocycles. The summed E-state index contributed by atoms with van der Waals surface area (Å²) in [6.45, 7) is 11.2. The summed E-state index contributed by atoms with van der Waals surface area (Å²) in [5.41, 5.74) is 0. The van der Waals surface area contributed by atoms with Gasteiger partial charge in [0.2, 0.25) is 5.75 Å². The van der Waals surface area contributed by atoms with Gasteiger partial charge < -0.3 is 4.74 Å². The smallest absolute Gasteiger partial charge is 0.292 e. The van der Waals surface area contributed by atoms with E-state index in [0.717, 1.165) is 0 Å².